The third-order valence-corrected chi connectivity index (χ3v) is 5.05. The van der Waals surface area contributed by atoms with Crippen molar-refractivity contribution in [2.24, 2.45) is 5.92 Å². The molecule has 106 valence electrons. The molecule has 3 rings (SSSR count). The van der Waals surface area contributed by atoms with E-state index in [1.807, 2.05) is 18.7 Å². The van der Waals surface area contributed by atoms with E-state index < -0.39 is 0 Å². The summed E-state index contributed by atoms with van der Waals surface area (Å²) in [6.07, 6.45) is 3.37. The van der Waals surface area contributed by atoms with Gasteiger partial charge in [0, 0.05) is 25.0 Å². The van der Waals surface area contributed by atoms with Gasteiger partial charge in [0.15, 0.2) is 5.82 Å². The van der Waals surface area contributed by atoms with E-state index in [1.165, 1.54) is 17.9 Å². The first-order valence-corrected chi connectivity index (χ1v) is 8.20. The van der Waals surface area contributed by atoms with E-state index in [4.69, 9.17) is 9.26 Å². The van der Waals surface area contributed by atoms with Crippen LogP contribution in [-0.2, 0) is 4.74 Å². The van der Waals surface area contributed by atoms with Gasteiger partial charge in [0.25, 0.3) is 0 Å². The summed E-state index contributed by atoms with van der Waals surface area (Å²) < 4.78 is 10.9. The fourth-order valence-electron chi connectivity index (χ4n) is 2.82. The van der Waals surface area contributed by atoms with Crippen LogP contribution in [0.2, 0.25) is 0 Å². The van der Waals surface area contributed by atoms with Gasteiger partial charge in [-0.25, -0.2) is 0 Å². The van der Waals surface area contributed by atoms with Crippen molar-refractivity contribution in [3.05, 3.63) is 11.7 Å². The highest BCUT2D eigenvalue weighted by atomic mass is 32.2. The molecule has 2 atom stereocenters. The van der Waals surface area contributed by atoms with Crippen LogP contribution in [0.25, 0.3) is 0 Å². The average Bonchev–Trinajstić information content (AvgIpc) is 3.08. The summed E-state index contributed by atoms with van der Waals surface area (Å²) in [5, 5.41) is 7.69. The maximum atomic E-state index is 5.46. The standard InChI is InChI=1S/C13H21N3O2S/c1-9-14-13(18-16-9)12(10-2-5-17-6-3-10)15-11-4-7-19-8-11/h10-12,15H,2-8H2,1H3/t11-,12+/m0/s1. The Balaban J connectivity index is 1.73. The van der Waals surface area contributed by atoms with Crippen LogP contribution in [0.1, 0.15) is 37.0 Å². The maximum Gasteiger partial charge on any atom is 0.244 e. The van der Waals surface area contributed by atoms with Crippen LogP contribution in [0.5, 0.6) is 0 Å². The Morgan fingerprint density at radius 2 is 2.16 bits per heavy atom. The lowest BCUT2D eigenvalue weighted by Crippen LogP contribution is -2.38. The van der Waals surface area contributed by atoms with Gasteiger partial charge in [-0.1, -0.05) is 5.16 Å². The van der Waals surface area contributed by atoms with Gasteiger partial charge in [0.2, 0.25) is 5.89 Å². The molecule has 1 aromatic rings. The van der Waals surface area contributed by atoms with Gasteiger partial charge in [-0.3, -0.25) is 0 Å². The second kappa shape index (κ2) is 6.24. The molecule has 0 radical (unpaired) electrons. The summed E-state index contributed by atoms with van der Waals surface area (Å²) in [6, 6.07) is 0.763. The second-order valence-electron chi connectivity index (χ2n) is 5.33. The summed E-state index contributed by atoms with van der Waals surface area (Å²) in [5.41, 5.74) is 0. The minimum atomic E-state index is 0.189. The van der Waals surface area contributed by atoms with Gasteiger partial charge >= 0.3 is 0 Å². The van der Waals surface area contributed by atoms with Gasteiger partial charge < -0.3 is 14.6 Å². The molecule has 6 heteroatoms. The second-order valence-corrected chi connectivity index (χ2v) is 6.48. The predicted molar refractivity (Wildman–Crippen MR) is 74.2 cm³/mol. The highest BCUT2D eigenvalue weighted by Crippen LogP contribution is 2.31. The number of ether oxygens (including phenoxy) is 1. The normalized spacial score (nSPS) is 26.7. The molecule has 3 heterocycles. The molecular weight excluding hydrogens is 262 g/mol. The van der Waals surface area contributed by atoms with Crippen molar-refractivity contribution >= 4 is 11.8 Å². The summed E-state index contributed by atoms with van der Waals surface area (Å²) >= 11 is 2.02. The Bertz CT molecular complexity index is 400. The van der Waals surface area contributed by atoms with E-state index in [1.54, 1.807) is 0 Å². The molecule has 1 N–H and O–H groups in total. The molecule has 0 spiro atoms. The number of aryl methyl sites for hydroxylation is 1. The summed E-state index contributed by atoms with van der Waals surface area (Å²) in [7, 11) is 0. The van der Waals surface area contributed by atoms with E-state index in [2.05, 4.69) is 15.5 Å². The van der Waals surface area contributed by atoms with Crippen LogP contribution in [0.3, 0.4) is 0 Å². The minimum Gasteiger partial charge on any atom is -0.381 e. The number of rotatable bonds is 4. The van der Waals surface area contributed by atoms with Crippen molar-refractivity contribution in [2.45, 2.75) is 38.3 Å². The van der Waals surface area contributed by atoms with Crippen LogP contribution in [-0.4, -0.2) is 40.9 Å². The van der Waals surface area contributed by atoms with Crippen molar-refractivity contribution in [1.29, 1.82) is 0 Å². The molecule has 1 aromatic heterocycles. The molecular formula is C13H21N3O2S. The highest BCUT2D eigenvalue weighted by Gasteiger charge is 2.32. The van der Waals surface area contributed by atoms with E-state index >= 15 is 0 Å². The summed E-state index contributed by atoms with van der Waals surface area (Å²) in [6.45, 7) is 3.56. The third-order valence-electron chi connectivity index (χ3n) is 3.89. The van der Waals surface area contributed by atoms with Crippen molar-refractivity contribution < 1.29 is 9.26 Å². The fraction of sp³-hybridized carbons (Fsp3) is 0.846. The van der Waals surface area contributed by atoms with E-state index in [0.717, 1.165) is 37.8 Å². The van der Waals surface area contributed by atoms with E-state index in [0.29, 0.717) is 12.0 Å². The van der Waals surface area contributed by atoms with E-state index in [-0.39, 0.29) is 6.04 Å². The zero-order valence-corrected chi connectivity index (χ0v) is 12.1. The first-order chi connectivity index (χ1) is 9.33. The molecule has 5 nitrogen and oxygen atoms in total. The third kappa shape index (κ3) is 3.30. The van der Waals surface area contributed by atoms with Crippen molar-refractivity contribution in [2.75, 3.05) is 24.7 Å². The molecule has 2 aliphatic heterocycles. The van der Waals surface area contributed by atoms with Gasteiger partial charge in [-0.15, -0.1) is 0 Å². The van der Waals surface area contributed by atoms with Crippen LogP contribution in [0, 0.1) is 12.8 Å². The smallest absolute Gasteiger partial charge is 0.244 e. The lowest BCUT2D eigenvalue weighted by Gasteiger charge is -2.30. The van der Waals surface area contributed by atoms with Crippen LogP contribution >= 0.6 is 11.8 Å². The average molecular weight is 283 g/mol. The SMILES string of the molecule is Cc1noc([C@H](N[C@H]2CCSC2)C2CCOCC2)n1. The largest absolute Gasteiger partial charge is 0.381 e. The molecule has 2 saturated heterocycles. The molecule has 19 heavy (non-hydrogen) atoms. The number of nitrogens with one attached hydrogen (secondary N) is 1. The van der Waals surface area contributed by atoms with Gasteiger partial charge in [0.05, 0.1) is 6.04 Å². The zero-order valence-electron chi connectivity index (χ0n) is 11.3. The Hall–Kier alpha value is -0.590. The van der Waals surface area contributed by atoms with Gasteiger partial charge in [0.1, 0.15) is 0 Å². The lowest BCUT2D eigenvalue weighted by atomic mass is 9.91. The molecule has 0 bridgehead atoms. The first-order valence-electron chi connectivity index (χ1n) is 7.04. The molecule has 2 fully saturated rings. The number of aromatic nitrogens is 2. The molecule has 0 aromatic carbocycles. The summed E-state index contributed by atoms with van der Waals surface area (Å²) in [4.78, 5) is 4.44. The lowest BCUT2D eigenvalue weighted by molar-refractivity contribution is 0.0473. The Morgan fingerprint density at radius 1 is 1.32 bits per heavy atom. The van der Waals surface area contributed by atoms with Gasteiger partial charge in [-0.05, 0) is 37.9 Å². The highest BCUT2D eigenvalue weighted by molar-refractivity contribution is 7.99. The zero-order chi connectivity index (χ0) is 13.1. The predicted octanol–water partition coefficient (Wildman–Crippen LogP) is 1.94. The summed E-state index contributed by atoms with van der Waals surface area (Å²) in [5.74, 6) is 4.45. The molecule has 0 amide bonds. The van der Waals surface area contributed by atoms with Gasteiger partial charge in [-0.2, -0.15) is 16.7 Å². The Kier molecular flexibility index (Phi) is 4.40. The number of hydrogen-bond donors (Lipinski definition) is 1. The molecule has 0 aliphatic carbocycles. The number of thioether (sulfide) groups is 1. The molecule has 0 unspecified atom stereocenters. The maximum absolute atomic E-state index is 5.46. The number of hydrogen-bond acceptors (Lipinski definition) is 6. The Labute approximate surface area is 117 Å². The van der Waals surface area contributed by atoms with Crippen molar-refractivity contribution in [3.63, 3.8) is 0 Å². The van der Waals surface area contributed by atoms with Crippen molar-refractivity contribution in [1.82, 2.24) is 15.5 Å². The first kappa shape index (κ1) is 13.4. The monoisotopic (exact) mass is 283 g/mol. The molecule has 0 saturated carbocycles. The minimum absolute atomic E-state index is 0.189. The topological polar surface area (TPSA) is 60.2 Å². The quantitative estimate of drug-likeness (QED) is 0.911. The van der Waals surface area contributed by atoms with Crippen molar-refractivity contribution in [3.8, 4) is 0 Å². The number of nitrogens with zero attached hydrogens (tertiary/aromatic N) is 2. The van der Waals surface area contributed by atoms with Crippen LogP contribution in [0.15, 0.2) is 4.52 Å². The molecule has 2 aliphatic rings. The van der Waals surface area contributed by atoms with Crippen LogP contribution < -0.4 is 5.32 Å². The fourth-order valence-corrected chi connectivity index (χ4v) is 3.98. The van der Waals surface area contributed by atoms with Crippen LogP contribution in [0.4, 0.5) is 0 Å². The Morgan fingerprint density at radius 3 is 2.79 bits per heavy atom. The van der Waals surface area contributed by atoms with E-state index in [9.17, 15) is 0 Å².